The van der Waals surface area contributed by atoms with E-state index in [4.69, 9.17) is 0 Å². The van der Waals surface area contributed by atoms with Gasteiger partial charge in [-0.3, -0.25) is 9.48 Å². The number of halogens is 1. The highest BCUT2D eigenvalue weighted by Gasteiger charge is 2.10. The summed E-state index contributed by atoms with van der Waals surface area (Å²) in [6, 6.07) is 28.2. The van der Waals surface area contributed by atoms with E-state index in [9.17, 15) is 4.79 Å². The number of fused-ring (bicyclic) bond motifs is 2. The molecule has 0 aliphatic carbocycles. The SMILES string of the molecule is O=C(N/N=C\c1c2ccccc2cc2ccccc12)c1ccn(Cc2cccc(Br)c2)n1. The smallest absolute Gasteiger partial charge is 0.268 e. The van der Waals surface area contributed by atoms with Crippen LogP contribution in [0.2, 0.25) is 0 Å². The number of hydrogen-bond acceptors (Lipinski definition) is 3. The van der Waals surface area contributed by atoms with E-state index in [1.165, 1.54) is 0 Å². The number of amides is 1. The second kappa shape index (κ2) is 8.77. The normalized spacial score (nSPS) is 11.4. The molecular weight excluding hydrogens is 464 g/mol. The van der Waals surface area contributed by atoms with Crippen LogP contribution in [0, 0.1) is 0 Å². The van der Waals surface area contributed by atoms with Crippen molar-refractivity contribution in [2.75, 3.05) is 0 Å². The van der Waals surface area contributed by atoms with Gasteiger partial charge < -0.3 is 0 Å². The molecule has 0 spiro atoms. The Morgan fingerprint density at radius 1 is 0.938 bits per heavy atom. The predicted octanol–water partition coefficient (Wildman–Crippen LogP) is 5.76. The van der Waals surface area contributed by atoms with Crippen LogP contribution < -0.4 is 5.43 Å². The maximum Gasteiger partial charge on any atom is 0.291 e. The maximum absolute atomic E-state index is 12.6. The van der Waals surface area contributed by atoms with E-state index in [-0.39, 0.29) is 5.91 Å². The van der Waals surface area contributed by atoms with Crippen LogP contribution in [-0.2, 0) is 6.54 Å². The largest absolute Gasteiger partial charge is 0.291 e. The second-order valence-electron chi connectivity index (χ2n) is 7.46. The fourth-order valence-corrected chi connectivity index (χ4v) is 4.24. The first-order valence-corrected chi connectivity index (χ1v) is 11.0. The van der Waals surface area contributed by atoms with Gasteiger partial charge in [0.25, 0.3) is 5.91 Å². The Hall–Kier alpha value is -3.77. The first-order valence-electron chi connectivity index (χ1n) is 10.2. The summed E-state index contributed by atoms with van der Waals surface area (Å²) in [6.07, 6.45) is 3.50. The van der Waals surface area contributed by atoms with Crippen molar-refractivity contribution in [2.24, 2.45) is 5.10 Å². The number of carbonyl (C=O) groups excluding carboxylic acids is 1. The lowest BCUT2D eigenvalue weighted by Gasteiger charge is -2.07. The third-order valence-corrected chi connectivity index (χ3v) is 5.77. The Bertz CT molecular complexity index is 1420. The number of aromatic nitrogens is 2. The van der Waals surface area contributed by atoms with Crippen LogP contribution >= 0.6 is 15.9 Å². The Morgan fingerprint density at radius 2 is 1.66 bits per heavy atom. The van der Waals surface area contributed by atoms with Crippen molar-refractivity contribution in [1.82, 2.24) is 15.2 Å². The zero-order chi connectivity index (χ0) is 21.9. The highest BCUT2D eigenvalue weighted by molar-refractivity contribution is 9.10. The first-order chi connectivity index (χ1) is 15.7. The number of hydrazone groups is 1. The van der Waals surface area contributed by atoms with Crippen LogP contribution in [-0.4, -0.2) is 21.9 Å². The molecule has 156 valence electrons. The summed E-state index contributed by atoms with van der Waals surface area (Å²) in [5.41, 5.74) is 4.99. The van der Waals surface area contributed by atoms with E-state index < -0.39 is 0 Å². The molecular formula is C26H19BrN4O. The molecule has 1 N–H and O–H groups in total. The molecule has 0 aliphatic heterocycles. The van der Waals surface area contributed by atoms with Crippen molar-refractivity contribution in [3.8, 4) is 0 Å². The fraction of sp³-hybridized carbons (Fsp3) is 0.0385. The molecule has 5 nitrogen and oxygen atoms in total. The van der Waals surface area contributed by atoms with Gasteiger partial charge >= 0.3 is 0 Å². The first kappa shape index (κ1) is 20.2. The van der Waals surface area contributed by atoms with E-state index >= 15 is 0 Å². The summed E-state index contributed by atoms with van der Waals surface area (Å²) in [7, 11) is 0. The summed E-state index contributed by atoms with van der Waals surface area (Å²) in [4.78, 5) is 12.6. The van der Waals surface area contributed by atoms with E-state index in [1.807, 2.05) is 48.5 Å². The van der Waals surface area contributed by atoms with Gasteiger partial charge in [0.05, 0.1) is 12.8 Å². The number of hydrogen-bond donors (Lipinski definition) is 1. The molecule has 0 saturated carbocycles. The third kappa shape index (κ3) is 4.18. The molecule has 32 heavy (non-hydrogen) atoms. The van der Waals surface area contributed by atoms with E-state index in [2.05, 4.69) is 61.9 Å². The summed E-state index contributed by atoms with van der Waals surface area (Å²) < 4.78 is 2.74. The highest BCUT2D eigenvalue weighted by Crippen LogP contribution is 2.27. The van der Waals surface area contributed by atoms with Crippen LogP contribution in [0.5, 0.6) is 0 Å². The van der Waals surface area contributed by atoms with E-state index in [1.54, 1.807) is 23.2 Å². The summed E-state index contributed by atoms with van der Waals surface area (Å²) in [5, 5.41) is 13.1. The molecule has 0 bridgehead atoms. The van der Waals surface area contributed by atoms with Gasteiger partial charge in [0, 0.05) is 16.2 Å². The van der Waals surface area contributed by atoms with Crippen molar-refractivity contribution in [1.29, 1.82) is 0 Å². The molecule has 0 radical (unpaired) electrons. The Balaban J connectivity index is 1.36. The number of nitrogens with one attached hydrogen (secondary N) is 1. The Morgan fingerprint density at radius 3 is 2.38 bits per heavy atom. The van der Waals surface area contributed by atoms with Crippen LogP contribution in [0.15, 0.2) is 101 Å². The van der Waals surface area contributed by atoms with Crippen molar-refractivity contribution in [3.05, 3.63) is 112 Å². The Labute approximate surface area is 193 Å². The fourth-order valence-electron chi connectivity index (χ4n) is 3.79. The molecule has 0 aliphatic rings. The molecule has 5 aromatic rings. The minimum Gasteiger partial charge on any atom is -0.268 e. The zero-order valence-electron chi connectivity index (χ0n) is 17.1. The average Bonchev–Trinajstić information content (AvgIpc) is 3.27. The monoisotopic (exact) mass is 482 g/mol. The highest BCUT2D eigenvalue weighted by atomic mass is 79.9. The molecule has 1 aromatic heterocycles. The number of carbonyl (C=O) groups is 1. The summed E-state index contributed by atoms with van der Waals surface area (Å²) in [6.45, 7) is 0.581. The van der Waals surface area contributed by atoms with Gasteiger partial charge in [-0.05, 0) is 51.4 Å². The van der Waals surface area contributed by atoms with Crippen molar-refractivity contribution in [3.63, 3.8) is 0 Å². The predicted molar refractivity (Wildman–Crippen MR) is 132 cm³/mol. The Kier molecular flexibility index (Phi) is 5.52. The molecule has 6 heteroatoms. The van der Waals surface area contributed by atoms with E-state index in [0.717, 1.165) is 37.1 Å². The summed E-state index contributed by atoms with van der Waals surface area (Å²) in [5.74, 6) is -0.348. The van der Waals surface area contributed by atoms with Gasteiger partial charge in [-0.25, -0.2) is 5.43 Å². The van der Waals surface area contributed by atoms with Crippen LogP contribution in [0.1, 0.15) is 21.6 Å². The van der Waals surface area contributed by atoms with E-state index in [0.29, 0.717) is 12.2 Å². The van der Waals surface area contributed by atoms with Crippen LogP contribution in [0.3, 0.4) is 0 Å². The van der Waals surface area contributed by atoms with Crippen LogP contribution in [0.4, 0.5) is 0 Å². The lowest BCUT2D eigenvalue weighted by molar-refractivity contribution is 0.0949. The van der Waals surface area contributed by atoms with Crippen molar-refractivity contribution in [2.45, 2.75) is 6.54 Å². The molecule has 0 atom stereocenters. The standard InChI is InChI=1S/C26H19BrN4O/c27-21-9-5-6-18(14-21)17-31-13-12-25(30-31)26(32)29-28-16-24-22-10-3-1-7-19(22)15-20-8-2-4-11-23(20)24/h1-16H,17H2,(H,29,32)/b28-16-. The lowest BCUT2D eigenvalue weighted by atomic mass is 9.97. The van der Waals surface area contributed by atoms with Gasteiger partial charge in [-0.15, -0.1) is 0 Å². The van der Waals surface area contributed by atoms with Gasteiger partial charge in [0.2, 0.25) is 0 Å². The van der Waals surface area contributed by atoms with Gasteiger partial charge in [0.1, 0.15) is 0 Å². The molecule has 0 unspecified atom stereocenters. The topological polar surface area (TPSA) is 59.3 Å². The second-order valence-corrected chi connectivity index (χ2v) is 8.38. The minimum absolute atomic E-state index is 0.319. The molecule has 1 amide bonds. The maximum atomic E-state index is 12.6. The number of rotatable bonds is 5. The van der Waals surface area contributed by atoms with Gasteiger partial charge in [-0.2, -0.15) is 10.2 Å². The summed E-state index contributed by atoms with van der Waals surface area (Å²) >= 11 is 3.47. The molecule has 5 rings (SSSR count). The average molecular weight is 483 g/mol. The molecule has 0 saturated heterocycles. The van der Waals surface area contributed by atoms with Crippen LogP contribution in [0.25, 0.3) is 21.5 Å². The van der Waals surface area contributed by atoms with Crippen molar-refractivity contribution < 1.29 is 4.79 Å². The molecule has 1 heterocycles. The molecule has 0 fully saturated rings. The molecule has 4 aromatic carbocycles. The van der Waals surface area contributed by atoms with Gasteiger partial charge in [0.15, 0.2) is 5.69 Å². The minimum atomic E-state index is -0.348. The lowest BCUT2D eigenvalue weighted by Crippen LogP contribution is -2.18. The zero-order valence-corrected chi connectivity index (χ0v) is 18.7. The van der Waals surface area contributed by atoms with Crippen molar-refractivity contribution >= 4 is 49.6 Å². The number of benzene rings is 4. The van der Waals surface area contributed by atoms with Gasteiger partial charge in [-0.1, -0.05) is 76.6 Å². The number of nitrogens with zero attached hydrogens (tertiary/aromatic N) is 3. The third-order valence-electron chi connectivity index (χ3n) is 5.28. The quantitative estimate of drug-likeness (QED) is 0.196.